The lowest BCUT2D eigenvalue weighted by Crippen LogP contribution is -1.92. The lowest BCUT2D eigenvalue weighted by Gasteiger charge is -2.04. The van der Waals surface area contributed by atoms with E-state index >= 15 is 0 Å². The summed E-state index contributed by atoms with van der Waals surface area (Å²) in [4.78, 5) is 12.3. The molecule has 0 spiro atoms. The molecule has 3 rings (SSSR count). The van der Waals surface area contributed by atoms with Gasteiger partial charge in [0.25, 0.3) is 0 Å². The first-order valence-corrected chi connectivity index (χ1v) is 7.43. The number of aromatic amines is 1. The van der Waals surface area contributed by atoms with Crippen LogP contribution in [0.4, 0.5) is 0 Å². The Balaban J connectivity index is 0.000000847. The number of rotatable bonds is 1. The molecule has 0 saturated heterocycles. The summed E-state index contributed by atoms with van der Waals surface area (Å²) >= 11 is 0. The van der Waals surface area contributed by atoms with Crippen LogP contribution in [-0.2, 0) is 0 Å². The van der Waals surface area contributed by atoms with Crippen molar-refractivity contribution in [3.8, 4) is 17.5 Å². The molecule has 3 aromatic rings. The van der Waals surface area contributed by atoms with Gasteiger partial charge >= 0.3 is 0 Å². The van der Waals surface area contributed by atoms with Crippen LogP contribution in [0.3, 0.4) is 0 Å². The number of imidazole rings is 1. The molecule has 22 heavy (non-hydrogen) atoms. The van der Waals surface area contributed by atoms with Gasteiger partial charge in [0.15, 0.2) is 0 Å². The van der Waals surface area contributed by atoms with Crippen molar-refractivity contribution in [2.75, 3.05) is 0 Å². The van der Waals surface area contributed by atoms with Crippen LogP contribution >= 0.6 is 0 Å². The highest BCUT2D eigenvalue weighted by Crippen LogP contribution is 2.27. The lowest BCUT2D eigenvalue weighted by atomic mass is 10.1. The number of nitrogens with one attached hydrogen (secondary N) is 1. The van der Waals surface area contributed by atoms with Crippen molar-refractivity contribution in [3.63, 3.8) is 0 Å². The molecule has 1 N–H and O–H groups in total. The first-order valence-electron chi connectivity index (χ1n) is 7.43. The summed E-state index contributed by atoms with van der Waals surface area (Å²) in [6, 6.07) is 7.84. The maximum Gasteiger partial charge on any atom is 0.140 e. The molecule has 0 amide bonds. The quantitative estimate of drug-likeness (QED) is 0.720. The van der Waals surface area contributed by atoms with Crippen LogP contribution < -0.4 is 0 Å². The molecule has 0 saturated carbocycles. The van der Waals surface area contributed by atoms with E-state index in [1.165, 1.54) is 0 Å². The van der Waals surface area contributed by atoms with Crippen molar-refractivity contribution >= 4 is 11.0 Å². The molecular weight excluding hydrogens is 272 g/mol. The first kappa shape index (κ1) is 15.7. The first-order chi connectivity index (χ1) is 10.6. The van der Waals surface area contributed by atoms with E-state index in [2.05, 4.69) is 21.0 Å². The summed E-state index contributed by atoms with van der Waals surface area (Å²) < 4.78 is 0. The Morgan fingerprint density at radius 2 is 1.82 bits per heavy atom. The summed E-state index contributed by atoms with van der Waals surface area (Å²) in [5, 5.41) is 9.04. The predicted molar refractivity (Wildman–Crippen MR) is 89.6 cm³/mol. The van der Waals surface area contributed by atoms with Gasteiger partial charge in [0.05, 0.1) is 22.7 Å². The van der Waals surface area contributed by atoms with E-state index in [0.29, 0.717) is 5.56 Å². The van der Waals surface area contributed by atoms with Gasteiger partial charge in [-0.2, -0.15) is 5.26 Å². The molecule has 1 aromatic carbocycles. The fourth-order valence-electron chi connectivity index (χ4n) is 2.53. The van der Waals surface area contributed by atoms with E-state index in [1.807, 2.05) is 52.8 Å². The number of benzene rings is 1. The molecule has 4 heteroatoms. The molecule has 0 atom stereocenters. The number of aromatic nitrogens is 3. The normalized spacial score (nSPS) is 10.0. The Kier molecular flexibility index (Phi) is 4.57. The minimum atomic E-state index is 0.643. The molecule has 0 aliphatic heterocycles. The maximum absolute atomic E-state index is 9.04. The second-order valence-electron chi connectivity index (χ2n) is 4.97. The van der Waals surface area contributed by atoms with Gasteiger partial charge < -0.3 is 4.98 Å². The second-order valence-corrected chi connectivity index (χ2v) is 4.97. The number of nitriles is 1. The van der Waals surface area contributed by atoms with Crippen LogP contribution in [0.2, 0.25) is 0 Å². The fraction of sp³-hybridized carbons (Fsp3) is 0.278. The molecule has 4 nitrogen and oxygen atoms in total. The van der Waals surface area contributed by atoms with E-state index in [9.17, 15) is 0 Å². The predicted octanol–water partition coefficient (Wildman–Crippen LogP) is 4.45. The smallest absolute Gasteiger partial charge is 0.140 e. The standard InChI is InChI=1S/C16H14N4.C2H6/c1-9-4-5-18-11(3)14(9)16-19-13-7-12(8-17)6-10(2)15(13)20-16;1-2/h4-7H,1-3H3,(H,19,20);1-2H3. The van der Waals surface area contributed by atoms with Crippen LogP contribution in [-0.4, -0.2) is 15.0 Å². The van der Waals surface area contributed by atoms with Crippen LogP contribution in [0.5, 0.6) is 0 Å². The van der Waals surface area contributed by atoms with Crippen molar-refractivity contribution in [2.24, 2.45) is 0 Å². The minimum absolute atomic E-state index is 0.643. The molecule has 112 valence electrons. The molecule has 2 aromatic heterocycles. The van der Waals surface area contributed by atoms with Gasteiger partial charge in [-0.05, 0) is 50.1 Å². The van der Waals surface area contributed by atoms with Crippen LogP contribution in [0.15, 0.2) is 24.4 Å². The van der Waals surface area contributed by atoms with Gasteiger partial charge in [-0.3, -0.25) is 4.98 Å². The van der Waals surface area contributed by atoms with Gasteiger partial charge in [0, 0.05) is 17.5 Å². The van der Waals surface area contributed by atoms with Crippen LogP contribution in [0, 0.1) is 32.1 Å². The topological polar surface area (TPSA) is 65.4 Å². The molecule has 2 heterocycles. The van der Waals surface area contributed by atoms with Crippen molar-refractivity contribution in [3.05, 3.63) is 46.8 Å². The number of fused-ring (bicyclic) bond motifs is 1. The number of hydrogen-bond donors (Lipinski definition) is 1. The minimum Gasteiger partial charge on any atom is -0.338 e. The lowest BCUT2D eigenvalue weighted by molar-refractivity contribution is 1.15. The van der Waals surface area contributed by atoms with Crippen LogP contribution in [0.1, 0.15) is 36.2 Å². The number of pyridine rings is 1. The van der Waals surface area contributed by atoms with E-state index in [4.69, 9.17) is 5.26 Å². The van der Waals surface area contributed by atoms with Crippen molar-refractivity contribution in [1.29, 1.82) is 5.26 Å². The summed E-state index contributed by atoms with van der Waals surface area (Å²) in [5.74, 6) is 0.807. The molecular formula is C18H20N4. The zero-order chi connectivity index (χ0) is 16.3. The van der Waals surface area contributed by atoms with E-state index < -0.39 is 0 Å². The Labute approximate surface area is 130 Å². The van der Waals surface area contributed by atoms with Gasteiger partial charge in [-0.25, -0.2) is 4.98 Å². The second kappa shape index (κ2) is 6.40. The Morgan fingerprint density at radius 3 is 2.45 bits per heavy atom. The zero-order valence-corrected chi connectivity index (χ0v) is 13.7. The fourth-order valence-corrected chi connectivity index (χ4v) is 2.53. The monoisotopic (exact) mass is 292 g/mol. The largest absolute Gasteiger partial charge is 0.338 e. The highest BCUT2D eigenvalue weighted by Gasteiger charge is 2.13. The third-order valence-electron chi connectivity index (χ3n) is 3.49. The van der Waals surface area contributed by atoms with Gasteiger partial charge in [0.2, 0.25) is 0 Å². The maximum atomic E-state index is 9.04. The van der Waals surface area contributed by atoms with Gasteiger partial charge in [-0.15, -0.1) is 0 Å². The van der Waals surface area contributed by atoms with E-state index in [1.54, 1.807) is 6.20 Å². The molecule has 0 aliphatic rings. The van der Waals surface area contributed by atoms with Crippen LogP contribution in [0.25, 0.3) is 22.4 Å². The highest BCUT2D eigenvalue weighted by atomic mass is 14.9. The zero-order valence-electron chi connectivity index (χ0n) is 13.7. The number of hydrogen-bond acceptors (Lipinski definition) is 3. The Bertz CT molecular complexity index is 833. The third kappa shape index (κ3) is 2.71. The average Bonchev–Trinajstić information content (AvgIpc) is 2.93. The number of nitrogens with zero attached hydrogens (tertiary/aromatic N) is 3. The van der Waals surface area contributed by atoms with E-state index in [0.717, 1.165) is 39.2 Å². The Hall–Kier alpha value is -2.67. The SMILES string of the molecule is CC.Cc1ccnc(C)c1-c1nc2c(C)cc(C#N)cc2[nH]1. The van der Waals surface area contributed by atoms with Gasteiger partial charge in [-0.1, -0.05) is 13.8 Å². The van der Waals surface area contributed by atoms with Crippen molar-refractivity contribution < 1.29 is 0 Å². The molecule has 0 radical (unpaired) electrons. The highest BCUT2D eigenvalue weighted by molar-refractivity contribution is 5.84. The third-order valence-corrected chi connectivity index (χ3v) is 3.49. The summed E-state index contributed by atoms with van der Waals surface area (Å²) in [5.41, 5.74) is 6.55. The van der Waals surface area contributed by atoms with E-state index in [-0.39, 0.29) is 0 Å². The average molecular weight is 292 g/mol. The molecule has 0 aliphatic carbocycles. The number of H-pyrrole nitrogens is 1. The van der Waals surface area contributed by atoms with Crippen molar-refractivity contribution in [1.82, 2.24) is 15.0 Å². The molecule has 0 unspecified atom stereocenters. The summed E-state index contributed by atoms with van der Waals surface area (Å²) in [6.45, 7) is 9.99. The van der Waals surface area contributed by atoms with Crippen molar-refractivity contribution in [2.45, 2.75) is 34.6 Å². The summed E-state index contributed by atoms with van der Waals surface area (Å²) in [6.07, 6.45) is 1.80. The molecule has 0 bridgehead atoms. The number of aryl methyl sites for hydroxylation is 3. The Morgan fingerprint density at radius 1 is 1.09 bits per heavy atom. The summed E-state index contributed by atoms with van der Waals surface area (Å²) in [7, 11) is 0. The van der Waals surface area contributed by atoms with Gasteiger partial charge in [0.1, 0.15) is 5.82 Å². The molecule has 0 fully saturated rings.